The number of carbonyl (C=O) groups excluding carboxylic acids is 1. The van der Waals surface area contributed by atoms with Gasteiger partial charge >= 0.3 is 0 Å². The maximum Gasteiger partial charge on any atom is 0.239 e. The first-order chi connectivity index (χ1) is 8.95. The fourth-order valence-corrected chi connectivity index (χ4v) is 1.93. The third kappa shape index (κ3) is 4.48. The summed E-state index contributed by atoms with van der Waals surface area (Å²) in [4.78, 5) is 18.1. The van der Waals surface area contributed by atoms with E-state index >= 15 is 0 Å². The van der Waals surface area contributed by atoms with Gasteiger partial charge in [-0.25, -0.2) is 0 Å². The van der Waals surface area contributed by atoms with Crippen LogP contribution in [0.4, 0.5) is 5.69 Å². The van der Waals surface area contributed by atoms with Crippen LogP contribution in [-0.4, -0.2) is 35.0 Å². The Morgan fingerprint density at radius 1 is 1.58 bits per heavy atom. The van der Waals surface area contributed by atoms with Crippen molar-refractivity contribution in [3.05, 3.63) is 24.0 Å². The van der Waals surface area contributed by atoms with Crippen LogP contribution in [0.25, 0.3) is 0 Å². The number of nitrogens with one attached hydrogen (secondary N) is 1. The van der Waals surface area contributed by atoms with Crippen molar-refractivity contribution < 1.29 is 4.79 Å². The molecule has 1 aromatic rings. The van der Waals surface area contributed by atoms with Crippen molar-refractivity contribution in [2.24, 2.45) is 5.73 Å². The van der Waals surface area contributed by atoms with Crippen molar-refractivity contribution in [1.82, 2.24) is 10.3 Å². The third-order valence-electron chi connectivity index (χ3n) is 2.57. The average molecular weight is 280 g/mol. The minimum Gasteiger partial charge on any atom is -0.389 e. The zero-order chi connectivity index (χ0) is 14.4. The number of nitrogens with zero attached hydrogens (tertiary/aromatic N) is 2. The first kappa shape index (κ1) is 15.4. The summed E-state index contributed by atoms with van der Waals surface area (Å²) in [6.45, 7) is 6.76. The molecule has 0 aliphatic rings. The molecule has 0 aromatic carbocycles. The van der Waals surface area contributed by atoms with E-state index in [9.17, 15) is 4.79 Å². The highest BCUT2D eigenvalue weighted by Gasteiger charge is 2.15. The number of nitrogens with two attached hydrogens (primary N) is 1. The number of rotatable bonds is 6. The standard InChI is InChI=1S/C13H20N4OS/c1-4-17(8-12(18)16-9(2)3)11-7-15-6-5-10(11)13(14)19/h5-7,9H,4,8H2,1-3H3,(H2,14,19)(H,16,18). The Labute approximate surface area is 119 Å². The maximum absolute atomic E-state index is 11.8. The molecule has 0 aliphatic heterocycles. The van der Waals surface area contributed by atoms with Gasteiger partial charge in [-0.2, -0.15) is 0 Å². The van der Waals surface area contributed by atoms with E-state index in [4.69, 9.17) is 18.0 Å². The fraction of sp³-hybridized carbons (Fsp3) is 0.462. The third-order valence-corrected chi connectivity index (χ3v) is 2.79. The van der Waals surface area contributed by atoms with Crippen LogP contribution in [0.3, 0.4) is 0 Å². The van der Waals surface area contributed by atoms with Crippen LogP contribution in [-0.2, 0) is 4.79 Å². The zero-order valence-corrected chi connectivity index (χ0v) is 12.3. The van der Waals surface area contributed by atoms with Crippen molar-refractivity contribution in [2.75, 3.05) is 18.0 Å². The van der Waals surface area contributed by atoms with Crippen molar-refractivity contribution in [2.45, 2.75) is 26.8 Å². The molecule has 5 nitrogen and oxygen atoms in total. The van der Waals surface area contributed by atoms with Crippen molar-refractivity contribution in [3.63, 3.8) is 0 Å². The second-order valence-corrected chi connectivity index (χ2v) is 4.93. The molecule has 0 saturated heterocycles. The number of thiocarbonyl (C=S) groups is 1. The molecule has 0 radical (unpaired) electrons. The van der Waals surface area contributed by atoms with Crippen LogP contribution in [0.1, 0.15) is 26.3 Å². The van der Waals surface area contributed by atoms with Gasteiger partial charge < -0.3 is 16.0 Å². The number of hydrogen-bond acceptors (Lipinski definition) is 4. The van der Waals surface area contributed by atoms with Gasteiger partial charge in [-0.3, -0.25) is 9.78 Å². The molecule has 1 rings (SSSR count). The van der Waals surface area contributed by atoms with E-state index in [-0.39, 0.29) is 18.5 Å². The molecule has 104 valence electrons. The lowest BCUT2D eigenvalue weighted by atomic mass is 10.2. The Morgan fingerprint density at radius 3 is 2.79 bits per heavy atom. The van der Waals surface area contributed by atoms with Gasteiger partial charge in [-0.15, -0.1) is 0 Å². The predicted molar refractivity (Wildman–Crippen MR) is 81.3 cm³/mol. The lowest BCUT2D eigenvalue weighted by molar-refractivity contribution is -0.120. The Morgan fingerprint density at radius 2 is 2.26 bits per heavy atom. The second-order valence-electron chi connectivity index (χ2n) is 4.49. The molecule has 0 bridgehead atoms. The topological polar surface area (TPSA) is 71.2 Å². The van der Waals surface area contributed by atoms with Gasteiger partial charge in [-0.1, -0.05) is 12.2 Å². The van der Waals surface area contributed by atoms with E-state index in [0.717, 1.165) is 11.3 Å². The van der Waals surface area contributed by atoms with Crippen LogP contribution < -0.4 is 16.0 Å². The number of carbonyl (C=O) groups is 1. The van der Waals surface area contributed by atoms with Crippen molar-refractivity contribution in [1.29, 1.82) is 0 Å². The van der Waals surface area contributed by atoms with E-state index in [2.05, 4.69) is 10.3 Å². The van der Waals surface area contributed by atoms with Crippen LogP contribution in [0.5, 0.6) is 0 Å². The van der Waals surface area contributed by atoms with Crippen LogP contribution in [0.2, 0.25) is 0 Å². The molecular weight excluding hydrogens is 260 g/mol. The van der Waals surface area contributed by atoms with Crippen LogP contribution in [0, 0.1) is 0 Å². The Hall–Kier alpha value is -1.69. The second kappa shape index (κ2) is 7.04. The summed E-state index contributed by atoms with van der Waals surface area (Å²) in [7, 11) is 0. The number of pyridine rings is 1. The van der Waals surface area contributed by atoms with Gasteiger partial charge in [0, 0.05) is 24.3 Å². The average Bonchev–Trinajstić information content (AvgIpc) is 2.35. The molecule has 3 N–H and O–H groups in total. The highest BCUT2D eigenvalue weighted by atomic mass is 32.1. The van der Waals surface area contributed by atoms with Gasteiger partial charge in [-0.05, 0) is 26.8 Å². The summed E-state index contributed by atoms with van der Waals surface area (Å²) in [5.74, 6) is -0.0328. The molecule has 0 saturated carbocycles. The van der Waals surface area contributed by atoms with E-state index in [1.54, 1.807) is 18.5 Å². The van der Waals surface area contributed by atoms with Crippen LogP contribution >= 0.6 is 12.2 Å². The number of hydrogen-bond donors (Lipinski definition) is 2. The number of aromatic nitrogens is 1. The van der Waals surface area contributed by atoms with E-state index in [1.807, 2.05) is 25.7 Å². The molecule has 0 fully saturated rings. The molecule has 1 amide bonds. The lowest BCUT2D eigenvalue weighted by Crippen LogP contribution is -2.40. The number of likely N-dealkylation sites (N-methyl/N-ethyl adjacent to an activating group) is 1. The van der Waals surface area contributed by atoms with Crippen molar-refractivity contribution in [3.8, 4) is 0 Å². The van der Waals surface area contributed by atoms with Crippen LogP contribution in [0.15, 0.2) is 18.5 Å². The Kier molecular flexibility index (Phi) is 5.69. The SMILES string of the molecule is CCN(CC(=O)NC(C)C)c1cnccc1C(N)=S. The smallest absolute Gasteiger partial charge is 0.239 e. The number of amides is 1. The molecule has 1 aromatic heterocycles. The first-order valence-corrected chi connectivity index (χ1v) is 6.64. The fourth-order valence-electron chi connectivity index (χ4n) is 1.75. The Bertz CT molecular complexity index is 462. The highest BCUT2D eigenvalue weighted by Crippen LogP contribution is 2.18. The minimum atomic E-state index is -0.0328. The monoisotopic (exact) mass is 280 g/mol. The normalized spacial score (nSPS) is 10.3. The number of anilines is 1. The van der Waals surface area contributed by atoms with E-state index in [0.29, 0.717) is 11.5 Å². The highest BCUT2D eigenvalue weighted by molar-refractivity contribution is 7.80. The molecule has 1 heterocycles. The quantitative estimate of drug-likeness (QED) is 0.763. The molecule has 0 spiro atoms. The van der Waals surface area contributed by atoms with Gasteiger partial charge in [0.15, 0.2) is 0 Å². The first-order valence-electron chi connectivity index (χ1n) is 6.23. The molecule has 0 atom stereocenters. The predicted octanol–water partition coefficient (Wildman–Crippen LogP) is 1.07. The van der Waals surface area contributed by atoms with E-state index in [1.165, 1.54) is 0 Å². The summed E-state index contributed by atoms with van der Waals surface area (Å²) >= 11 is 5.02. The maximum atomic E-state index is 11.8. The summed E-state index contributed by atoms with van der Waals surface area (Å²) in [6, 6.07) is 1.89. The summed E-state index contributed by atoms with van der Waals surface area (Å²) in [6.07, 6.45) is 3.32. The van der Waals surface area contributed by atoms with Gasteiger partial charge in [0.2, 0.25) is 5.91 Å². The lowest BCUT2D eigenvalue weighted by Gasteiger charge is -2.24. The Balaban J connectivity index is 2.91. The summed E-state index contributed by atoms with van der Waals surface area (Å²) in [5.41, 5.74) is 7.22. The van der Waals surface area contributed by atoms with Gasteiger partial charge in [0.05, 0.1) is 18.4 Å². The summed E-state index contributed by atoms with van der Waals surface area (Å²) in [5, 5.41) is 2.86. The van der Waals surface area contributed by atoms with Gasteiger partial charge in [0.25, 0.3) is 0 Å². The molecule has 0 unspecified atom stereocenters. The molecule has 19 heavy (non-hydrogen) atoms. The van der Waals surface area contributed by atoms with E-state index < -0.39 is 0 Å². The zero-order valence-electron chi connectivity index (χ0n) is 11.5. The molecule has 6 heteroatoms. The molecular formula is C13H20N4OS. The largest absolute Gasteiger partial charge is 0.389 e. The minimum absolute atomic E-state index is 0.0328. The van der Waals surface area contributed by atoms with Gasteiger partial charge in [0.1, 0.15) is 4.99 Å². The molecule has 0 aliphatic carbocycles. The van der Waals surface area contributed by atoms with Crippen molar-refractivity contribution >= 4 is 28.8 Å². The summed E-state index contributed by atoms with van der Waals surface area (Å²) < 4.78 is 0.